The summed E-state index contributed by atoms with van der Waals surface area (Å²) in [5.41, 5.74) is 10.0. The van der Waals surface area contributed by atoms with Crippen molar-refractivity contribution in [1.29, 1.82) is 0 Å². The molecular formula is C15H24N2O4. The Bertz CT molecular complexity index is 457. The van der Waals surface area contributed by atoms with Gasteiger partial charge in [-0.05, 0) is 25.7 Å². The summed E-state index contributed by atoms with van der Waals surface area (Å²) in [5, 5.41) is 9.17. The average Bonchev–Trinajstić information content (AvgIpc) is 3.03. The van der Waals surface area contributed by atoms with E-state index in [-0.39, 0.29) is 24.4 Å². The van der Waals surface area contributed by atoms with Gasteiger partial charge in [-0.1, -0.05) is 19.3 Å². The molecule has 0 aromatic rings. The third-order valence-corrected chi connectivity index (χ3v) is 5.15. The van der Waals surface area contributed by atoms with E-state index >= 15 is 0 Å². The number of carbonyl (C=O) groups is 3. The molecular weight excluding hydrogens is 272 g/mol. The Kier molecular flexibility index (Phi) is 4.49. The molecule has 2 atom stereocenters. The molecule has 0 heterocycles. The largest absolute Gasteiger partial charge is 0.481 e. The predicted molar refractivity (Wildman–Crippen MR) is 76.5 cm³/mol. The standard InChI is InChI=1S/C15H24N2O4/c16-14(7-1-2-8-14)11(18)5-6-12(19)15(17)9-3-4-10(15)13(20)21/h10H,1-9,16-17H2,(H,20,21). The molecule has 2 aliphatic rings. The van der Waals surface area contributed by atoms with Crippen molar-refractivity contribution in [3.8, 4) is 0 Å². The van der Waals surface area contributed by atoms with Crippen LogP contribution >= 0.6 is 0 Å². The maximum Gasteiger partial charge on any atom is 0.308 e. The molecule has 2 aliphatic carbocycles. The monoisotopic (exact) mass is 296 g/mol. The molecule has 0 amide bonds. The van der Waals surface area contributed by atoms with Gasteiger partial charge in [0.15, 0.2) is 11.6 Å². The van der Waals surface area contributed by atoms with Crippen LogP contribution in [0.5, 0.6) is 0 Å². The van der Waals surface area contributed by atoms with Gasteiger partial charge >= 0.3 is 5.97 Å². The SMILES string of the molecule is NC1(C(=O)CCC(=O)C2(N)CCCC2C(=O)O)CCCC1. The van der Waals surface area contributed by atoms with Crippen LogP contribution in [-0.2, 0) is 14.4 Å². The molecule has 2 fully saturated rings. The van der Waals surface area contributed by atoms with E-state index in [4.69, 9.17) is 16.6 Å². The van der Waals surface area contributed by atoms with Crippen molar-refractivity contribution in [2.75, 3.05) is 0 Å². The van der Waals surface area contributed by atoms with E-state index in [1.165, 1.54) is 0 Å². The highest BCUT2D eigenvalue weighted by molar-refractivity contribution is 5.97. The maximum atomic E-state index is 12.3. The van der Waals surface area contributed by atoms with Gasteiger partial charge in [0.25, 0.3) is 0 Å². The number of nitrogens with two attached hydrogens (primary N) is 2. The van der Waals surface area contributed by atoms with E-state index in [2.05, 4.69) is 0 Å². The summed E-state index contributed by atoms with van der Waals surface area (Å²) in [6.07, 6.45) is 4.73. The van der Waals surface area contributed by atoms with Crippen LogP contribution in [0.1, 0.15) is 57.8 Å². The van der Waals surface area contributed by atoms with Crippen LogP contribution < -0.4 is 11.5 Å². The van der Waals surface area contributed by atoms with Crippen molar-refractivity contribution in [3.05, 3.63) is 0 Å². The fourth-order valence-corrected chi connectivity index (χ4v) is 3.70. The molecule has 0 aliphatic heterocycles. The lowest BCUT2D eigenvalue weighted by Gasteiger charge is -2.28. The number of hydrogen-bond donors (Lipinski definition) is 3. The Balaban J connectivity index is 1.95. The number of hydrogen-bond acceptors (Lipinski definition) is 5. The fourth-order valence-electron chi connectivity index (χ4n) is 3.70. The van der Waals surface area contributed by atoms with Crippen LogP contribution in [-0.4, -0.2) is 33.7 Å². The van der Waals surface area contributed by atoms with Gasteiger partial charge in [-0.2, -0.15) is 0 Å². The lowest BCUT2D eigenvalue weighted by molar-refractivity contribution is -0.146. The number of ketones is 2. The van der Waals surface area contributed by atoms with Crippen LogP contribution in [0.25, 0.3) is 0 Å². The highest BCUT2D eigenvalue weighted by Crippen LogP contribution is 2.36. The molecule has 118 valence electrons. The second kappa shape index (κ2) is 5.85. The van der Waals surface area contributed by atoms with Crippen molar-refractivity contribution in [2.45, 2.75) is 68.9 Å². The maximum absolute atomic E-state index is 12.3. The molecule has 21 heavy (non-hydrogen) atoms. The van der Waals surface area contributed by atoms with Gasteiger partial charge in [0.2, 0.25) is 0 Å². The van der Waals surface area contributed by atoms with Gasteiger partial charge in [-0.3, -0.25) is 14.4 Å². The third-order valence-electron chi connectivity index (χ3n) is 5.15. The molecule has 0 bridgehead atoms. The Morgan fingerprint density at radius 3 is 2.10 bits per heavy atom. The van der Waals surface area contributed by atoms with E-state index in [1.54, 1.807) is 0 Å². The fraction of sp³-hybridized carbons (Fsp3) is 0.800. The topological polar surface area (TPSA) is 123 Å². The van der Waals surface area contributed by atoms with Crippen molar-refractivity contribution >= 4 is 17.5 Å². The molecule has 0 aromatic carbocycles. The highest BCUT2D eigenvalue weighted by Gasteiger charge is 2.49. The Morgan fingerprint density at radius 1 is 0.952 bits per heavy atom. The van der Waals surface area contributed by atoms with Crippen molar-refractivity contribution in [1.82, 2.24) is 0 Å². The number of carbonyl (C=O) groups excluding carboxylic acids is 2. The second-order valence-electron chi connectivity index (χ2n) is 6.53. The number of carboxylic acids is 1. The summed E-state index contributed by atoms with van der Waals surface area (Å²) in [6, 6.07) is 0. The van der Waals surface area contributed by atoms with Crippen LogP contribution in [0, 0.1) is 5.92 Å². The summed E-state index contributed by atoms with van der Waals surface area (Å²) in [5.74, 6) is -2.27. The van der Waals surface area contributed by atoms with Crippen molar-refractivity contribution in [3.63, 3.8) is 0 Å². The average molecular weight is 296 g/mol. The highest BCUT2D eigenvalue weighted by atomic mass is 16.4. The molecule has 6 heteroatoms. The van der Waals surface area contributed by atoms with E-state index in [0.29, 0.717) is 32.1 Å². The van der Waals surface area contributed by atoms with E-state index in [1.807, 2.05) is 0 Å². The summed E-state index contributed by atoms with van der Waals surface area (Å²) in [6.45, 7) is 0. The zero-order chi connectivity index (χ0) is 15.7. The smallest absolute Gasteiger partial charge is 0.308 e. The lowest BCUT2D eigenvalue weighted by Crippen LogP contribution is -2.54. The van der Waals surface area contributed by atoms with Gasteiger partial charge in [0.1, 0.15) is 0 Å². The van der Waals surface area contributed by atoms with Crippen molar-refractivity contribution < 1.29 is 19.5 Å². The van der Waals surface area contributed by atoms with Gasteiger partial charge in [-0.15, -0.1) is 0 Å². The first kappa shape index (κ1) is 16.1. The van der Waals surface area contributed by atoms with E-state index < -0.39 is 23.0 Å². The Morgan fingerprint density at radius 2 is 1.52 bits per heavy atom. The zero-order valence-electron chi connectivity index (χ0n) is 12.3. The normalized spacial score (nSPS) is 31.2. The van der Waals surface area contributed by atoms with E-state index in [9.17, 15) is 14.4 Å². The Hall–Kier alpha value is -1.27. The first-order valence-corrected chi connectivity index (χ1v) is 7.67. The second-order valence-corrected chi connectivity index (χ2v) is 6.53. The summed E-state index contributed by atoms with van der Waals surface area (Å²) in [7, 11) is 0. The minimum Gasteiger partial charge on any atom is -0.481 e. The molecule has 0 saturated heterocycles. The van der Waals surface area contributed by atoms with Gasteiger partial charge in [-0.25, -0.2) is 0 Å². The summed E-state index contributed by atoms with van der Waals surface area (Å²) in [4.78, 5) is 35.7. The van der Waals surface area contributed by atoms with Crippen LogP contribution in [0.3, 0.4) is 0 Å². The first-order chi connectivity index (χ1) is 9.79. The number of Topliss-reactive ketones (excluding diaryl/α,β-unsaturated/α-hetero) is 2. The molecule has 0 spiro atoms. The minimum absolute atomic E-state index is 0.00192. The van der Waals surface area contributed by atoms with Crippen LogP contribution in [0.15, 0.2) is 0 Å². The molecule has 5 N–H and O–H groups in total. The third kappa shape index (κ3) is 3.01. The molecule has 2 rings (SSSR count). The lowest BCUT2D eigenvalue weighted by atomic mass is 9.80. The molecule has 0 aromatic heterocycles. The molecule has 6 nitrogen and oxygen atoms in total. The number of aliphatic carboxylic acids is 1. The van der Waals surface area contributed by atoms with Gasteiger partial charge < -0.3 is 16.6 Å². The van der Waals surface area contributed by atoms with Crippen LogP contribution in [0.2, 0.25) is 0 Å². The predicted octanol–water partition coefficient (Wildman–Crippen LogP) is 0.758. The summed E-state index contributed by atoms with van der Waals surface area (Å²) < 4.78 is 0. The molecule has 0 radical (unpaired) electrons. The van der Waals surface area contributed by atoms with Crippen molar-refractivity contribution in [2.24, 2.45) is 17.4 Å². The number of rotatable bonds is 6. The minimum atomic E-state index is -1.32. The summed E-state index contributed by atoms with van der Waals surface area (Å²) >= 11 is 0. The van der Waals surface area contributed by atoms with Gasteiger partial charge in [0.05, 0.1) is 17.0 Å². The zero-order valence-corrected chi connectivity index (χ0v) is 12.3. The first-order valence-electron chi connectivity index (χ1n) is 7.67. The Labute approximate surface area is 124 Å². The molecule has 2 saturated carbocycles. The quantitative estimate of drug-likeness (QED) is 0.664. The van der Waals surface area contributed by atoms with Crippen LogP contribution in [0.4, 0.5) is 0 Å². The van der Waals surface area contributed by atoms with E-state index in [0.717, 1.165) is 12.8 Å². The van der Waals surface area contributed by atoms with Gasteiger partial charge in [0, 0.05) is 12.8 Å². The number of carboxylic acid groups (broad SMARTS) is 1. The molecule has 2 unspecified atom stereocenters.